The molecule has 34 heavy (non-hydrogen) atoms. The van der Waals surface area contributed by atoms with Crippen LogP contribution in [0.5, 0.6) is 0 Å². The van der Waals surface area contributed by atoms with Crippen molar-refractivity contribution in [1.29, 1.82) is 0 Å². The standard InChI is InChI=1S/C27H32N2O5/c1-2-8-24(25(30)28-15-17-9-7-14-18(17)26(31)32)29-27(33)34-16-23-21-12-5-3-10-19(21)20-11-4-6-13-22(20)23/h3-6,10-13,17-18,23-24H,2,7-9,14-16H2,1H3,(H,28,30)(H,29,33)(H,31,32)/t17-,18-,24-/m1/s1. The number of aliphatic carboxylic acids is 1. The zero-order chi connectivity index (χ0) is 24.1. The second-order valence-electron chi connectivity index (χ2n) is 9.19. The molecule has 2 aromatic carbocycles. The van der Waals surface area contributed by atoms with E-state index in [0.29, 0.717) is 25.8 Å². The number of hydrogen-bond donors (Lipinski definition) is 3. The highest BCUT2D eigenvalue weighted by Gasteiger charge is 2.34. The Morgan fingerprint density at radius 2 is 1.68 bits per heavy atom. The maximum Gasteiger partial charge on any atom is 0.407 e. The fraction of sp³-hybridized carbons (Fsp3) is 0.444. The number of benzene rings is 2. The number of alkyl carbamates (subject to hydrolysis) is 1. The molecule has 0 spiro atoms. The minimum absolute atomic E-state index is 0.0491. The van der Waals surface area contributed by atoms with E-state index < -0.39 is 24.0 Å². The third-order valence-electron chi connectivity index (χ3n) is 7.04. The molecule has 0 aliphatic heterocycles. The summed E-state index contributed by atoms with van der Waals surface area (Å²) in [6, 6.07) is 15.5. The van der Waals surface area contributed by atoms with Crippen molar-refractivity contribution in [1.82, 2.24) is 10.6 Å². The number of carbonyl (C=O) groups excluding carboxylic acids is 2. The highest BCUT2D eigenvalue weighted by Crippen LogP contribution is 2.44. The van der Waals surface area contributed by atoms with Crippen molar-refractivity contribution < 1.29 is 24.2 Å². The summed E-state index contributed by atoms with van der Waals surface area (Å²) in [6.45, 7) is 2.43. The SMILES string of the molecule is CCC[C@@H](NC(=O)OCC1c2ccccc2-c2ccccc21)C(=O)NC[C@H]1CCC[C@H]1C(=O)O. The lowest BCUT2D eigenvalue weighted by atomic mass is 9.96. The number of amides is 2. The Bertz CT molecular complexity index is 1010. The molecule has 180 valence electrons. The van der Waals surface area contributed by atoms with E-state index in [4.69, 9.17) is 4.74 Å². The lowest BCUT2D eigenvalue weighted by Crippen LogP contribution is -2.48. The van der Waals surface area contributed by atoms with E-state index in [2.05, 4.69) is 34.9 Å². The van der Waals surface area contributed by atoms with Gasteiger partial charge in [0.1, 0.15) is 12.6 Å². The lowest BCUT2D eigenvalue weighted by Gasteiger charge is -2.21. The first-order chi connectivity index (χ1) is 16.5. The van der Waals surface area contributed by atoms with Gasteiger partial charge in [0.2, 0.25) is 5.91 Å². The number of hydrogen-bond acceptors (Lipinski definition) is 4. The van der Waals surface area contributed by atoms with Gasteiger partial charge in [-0.15, -0.1) is 0 Å². The molecule has 1 fully saturated rings. The lowest BCUT2D eigenvalue weighted by molar-refractivity contribution is -0.143. The smallest absolute Gasteiger partial charge is 0.407 e. The van der Waals surface area contributed by atoms with E-state index >= 15 is 0 Å². The van der Waals surface area contributed by atoms with Gasteiger partial charge in [0, 0.05) is 12.5 Å². The first-order valence-electron chi connectivity index (χ1n) is 12.1. The molecule has 7 nitrogen and oxygen atoms in total. The summed E-state index contributed by atoms with van der Waals surface area (Å²) < 4.78 is 5.59. The maximum atomic E-state index is 12.8. The summed E-state index contributed by atoms with van der Waals surface area (Å²) in [6.07, 6.45) is 2.85. The Morgan fingerprint density at radius 3 is 2.29 bits per heavy atom. The molecule has 0 heterocycles. The van der Waals surface area contributed by atoms with Gasteiger partial charge in [0.15, 0.2) is 0 Å². The van der Waals surface area contributed by atoms with Crippen LogP contribution in [0.15, 0.2) is 48.5 Å². The topological polar surface area (TPSA) is 105 Å². The normalized spacial score (nSPS) is 19.7. The Labute approximate surface area is 199 Å². The van der Waals surface area contributed by atoms with Crippen molar-refractivity contribution in [3.63, 3.8) is 0 Å². The van der Waals surface area contributed by atoms with Crippen LogP contribution in [0.25, 0.3) is 11.1 Å². The monoisotopic (exact) mass is 464 g/mol. The Balaban J connectivity index is 1.33. The van der Waals surface area contributed by atoms with Crippen LogP contribution < -0.4 is 10.6 Å². The third kappa shape index (κ3) is 5.08. The van der Waals surface area contributed by atoms with Gasteiger partial charge < -0.3 is 20.5 Å². The van der Waals surface area contributed by atoms with E-state index in [1.54, 1.807) is 0 Å². The van der Waals surface area contributed by atoms with E-state index in [9.17, 15) is 19.5 Å². The summed E-state index contributed by atoms with van der Waals surface area (Å²) in [5.74, 6) is -1.64. The molecule has 0 aromatic heterocycles. The molecule has 7 heteroatoms. The molecule has 0 radical (unpaired) electrons. The van der Waals surface area contributed by atoms with Gasteiger partial charge in [-0.05, 0) is 47.4 Å². The van der Waals surface area contributed by atoms with Gasteiger partial charge in [-0.1, -0.05) is 68.3 Å². The first-order valence-corrected chi connectivity index (χ1v) is 12.1. The van der Waals surface area contributed by atoms with Gasteiger partial charge in [0.25, 0.3) is 0 Å². The minimum Gasteiger partial charge on any atom is -0.481 e. The number of rotatable bonds is 9. The molecular weight excluding hydrogens is 432 g/mol. The molecule has 0 bridgehead atoms. The Morgan fingerprint density at radius 1 is 1.03 bits per heavy atom. The predicted octanol–water partition coefficient (Wildman–Crippen LogP) is 4.31. The molecule has 3 atom stereocenters. The summed E-state index contributed by atoms with van der Waals surface area (Å²) in [4.78, 5) is 36.8. The number of nitrogens with one attached hydrogen (secondary N) is 2. The second-order valence-corrected chi connectivity index (χ2v) is 9.19. The van der Waals surface area contributed by atoms with Crippen molar-refractivity contribution in [2.45, 2.75) is 51.0 Å². The van der Waals surface area contributed by atoms with Crippen LogP contribution in [0.4, 0.5) is 4.79 Å². The first kappa shape index (κ1) is 23.8. The van der Waals surface area contributed by atoms with Crippen LogP contribution in [0.2, 0.25) is 0 Å². The number of carboxylic acids is 1. The Hall–Kier alpha value is -3.35. The van der Waals surface area contributed by atoms with Crippen molar-refractivity contribution >= 4 is 18.0 Å². The zero-order valence-corrected chi connectivity index (χ0v) is 19.5. The van der Waals surface area contributed by atoms with E-state index in [0.717, 1.165) is 35.1 Å². The van der Waals surface area contributed by atoms with Crippen LogP contribution in [-0.2, 0) is 14.3 Å². The average Bonchev–Trinajstić information content (AvgIpc) is 3.44. The molecule has 0 unspecified atom stereocenters. The van der Waals surface area contributed by atoms with Gasteiger partial charge in [-0.2, -0.15) is 0 Å². The van der Waals surface area contributed by atoms with Crippen molar-refractivity contribution in [3.8, 4) is 11.1 Å². The zero-order valence-electron chi connectivity index (χ0n) is 19.5. The minimum atomic E-state index is -0.807. The highest BCUT2D eigenvalue weighted by molar-refractivity contribution is 5.85. The van der Waals surface area contributed by atoms with Gasteiger partial charge in [0.05, 0.1) is 5.92 Å². The van der Waals surface area contributed by atoms with Gasteiger partial charge >= 0.3 is 12.1 Å². The predicted molar refractivity (Wildman–Crippen MR) is 128 cm³/mol. The molecule has 2 amide bonds. The quantitative estimate of drug-likeness (QED) is 0.513. The number of ether oxygens (including phenoxy) is 1. The summed E-state index contributed by atoms with van der Waals surface area (Å²) in [5.41, 5.74) is 4.57. The Kier molecular flexibility index (Phi) is 7.50. The van der Waals surface area contributed by atoms with Gasteiger partial charge in [-0.25, -0.2) is 4.79 Å². The van der Waals surface area contributed by atoms with Crippen LogP contribution in [0.1, 0.15) is 56.1 Å². The molecule has 4 rings (SSSR count). The molecule has 3 N–H and O–H groups in total. The van der Waals surface area contributed by atoms with Crippen LogP contribution in [-0.4, -0.2) is 42.3 Å². The van der Waals surface area contributed by atoms with Crippen molar-refractivity contribution in [3.05, 3.63) is 59.7 Å². The summed E-state index contributed by atoms with van der Waals surface area (Å²) in [5, 5.41) is 14.9. The fourth-order valence-corrected chi connectivity index (χ4v) is 5.30. The number of carbonyl (C=O) groups is 3. The molecular formula is C27H32N2O5. The third-order valence-corrected chi connectivity index (χ3v) is 7.04. The summed E-state index contributed by atoms with van der Waals surface area (Å²) >= 11 is 0. The van der Waals surface area contributed by atoms with Crippen LogP contribution in [0.3, 0.4) is 0 Å². The molecule has 2 aliphatic rings. The number of carboxylic acid groups (broad SMARTS) is 1. The van der Waals surface area contributed by atoms with Crippen LogP contribution >= 0.6 is 0 Å². The van der Waals surface area contributed by atoms with Crippen LogP contribution in [0, 0.1) is 11.8 Å². The number of fused-ring (bicyclic) bond motifs is 3. The van der Waals surface area contributed by atoms with E-state index in [-0.39, 0.29) is 24.3 Å². The molecule has 1 saturated carbocycles. The van der Waals surface area contributed by atoms with E-state index in [1.165, 1.54) is 0 Å². The molecule has 2 aliphatic carbocycles. The molecule has 2 aromatic rings. The molecule has 0 saturated heterocycles. The van der Waals surface area contributed by atoms with Gasteiger partial charge in [-0.3, -0.25) is 9.59 Å². The van der Waals surface area contributed by atoms with Crippen molar-refractivity contribution in [2.24, 2.45) is 11.8 Å². The summed E-state index contributed by atoms with van der Waals surface area (Å²) in [7, 11) is 0. The average molecular weight is 465 g/mol. The largest absolute Gasteiger partial charge is 0.481 e. The maximum absolute atomic E-state index is 12.8. The fourth-order valence-electron chi connectivity index (χ4n) is 5.30. The second kappa shape index (κ2) is 10.7. The van der Waals surface area contributed by atoms with E-state index in [1.807, 2.05) is 31.2 Å². The highest BCUT2D eigenvalue weighted by atomic mass is 16.5. The van der Waals surface area contributed by atoms with Crippen molar-refractivity contribution in [2.75, 3.05) is 13.2 Å².